The highest BCUT2D eigenvalue weighted by Gasteiger charge is 2.47. The maximum absolute atomic E-state index is 12.6. The zero-order chi connectivity index (χ0) is 21.2. The second-order valence-corrected chi connectivity index (χ2v) is 9.85. The van der Waals surface area contributed by atoms with Crippen LogP contribution in [0.2, 0.25) is 0 Å². The number of carbonyl (C=O) groups is 3. The third kappa shape index (κ3) is 4.21. The van der Waals surface area contributed by atoms with Gasteiger partial charge in [0.1, 0.15) is 5.54 Å². The van der Waals surface area contributed by atoms with Crippen LogP contribution in [0, 0.1) is 0 Å². The van der Waals surface area contributed by atoms with Gasteiger partial charge in [0.05, 0.1) is 16.7 Å². The number of rotatable bonds is 7. The predicted molar refractivity (Wildman–Crippen MR) is 107 cm³/mol. The molecule has 2 fully saturated rings. The largest absolute Gasteiger partial charge is 0.376 e. The number of nitrogens with one attached hydrogen (secondary N) is 3. The SMILES string of the molecule is CCC1(C)NC(=O)N(NC(=O)CNc2ccc(S(=O)(=O)C3CCCC3)cc2)C1=O. The first-order chi connectivity index (χ1) is 13.7. The molecule has 2 aliphatic rings. The third-order valence-corrected chi connectivity index (χ3v) is 7.86. The average molecular weight is 423 g/mol. The maximum atomic E-state index is 12.6. The molecule has 3 rings (SSSR count). The van der Waals surface area contributed by atoms with E-state index in [0.717, 1.165) is 12.8 Å². The van der Waals surface area contributed by atoms with E-state index in [1.165, 1.54) is 12.1 Å². The number of hydrogen-bond acceptors (Lipinski definition) is 6. The number of imide groups is 1. The number of benzene rings is 1. The third-order valence-electron chi connectivity index (χ3n) is 5.58. The van der Waals surface area contributed by atoms with Crippen molar-refractivity contribution in [3.05, 3.63) is 24.3 Å². The van der Waals surface area contributed by atoms with Crippen molar-refractivity contribution >= 4 is 33.4 Å². The molecule has 0 aromatic heterocycles. The minimum atomic E-state index is -3.32. The molecule has 10 heteroatoms. The molecule has 1 aromatic rings. The van der Waals surface area contributed by atoms with Crippen LogP contribution in [0.5, 0.6) is 0 Å². The zero-order valence-corrected chi connectivity index (χ0v) is 17.3. The van der Waals surface area contributed by atoms with Crippen LogP contribution in [0.3, 0.4) is 0 Å². The van der Waals surface area contributed by atoms with Crippen LogP contribution in [-0.4, -0.2) is 48.6 Å². The summed E-state index contributed by atoms with van der Waals surface area (Å²) >= 11 is 0. The number of anilines is 1. The maximum Gasteiger partial charge on any atom is 0.344 e. The Kier molecular flexibility index (Phi) is 5.83. The summed E-state index contributed by atoms with van der Waals surface area (Å²) in [5.41, 5.74) is 1.81. The summed E-state index contributed by atoms with van der Waals surface area (Å²) in [5.74, 6) is -1.09. The van der Waals surface area contributed by atoms with Gasteiger partial charge in [0.25, 0.3) is 11.8 Å². The van der Waals surface area contributed by atoms with Crippen molar-refractivity contribution in [1.29, 1.82) is 0 Å². The Bertz CT molecular complexity index is 909. The van der Waals surface area contributed by atoms with Gasteiger partial charge < -0.3 is 10.6 Å². The van der Waals surface area contributed by atoms with Crippen LogP contribution in [0.15, 0.2) is 29.2 Å². The van der Waals surface area contributed by atoms with Crippen molar-refractivity contribution in [2.24, 2.45) is 0 Å². The number of hydrogen-bond donors (Lipinski definition) is 3. The molecule has 1 aliphatic heterocycles. The number of hydrazine groups is 1. The molecule has 1 aliphatic carbocycles. The van der Waals surface area contributed by atoms with Gasteiger partial charge in [0.2, 0.25) is 0 Å². The first-order valence-electron chi connectivity index (χ1n) is 9.71. The van der Waals surface area contributed by atoms with Gasteiger partial charge in [-0.1, -0.05) is 19.8 Å². The molecule has 1 unspecified atom stereocenters. The lowest BCUT2D eigenvalue weighted by molar-refractivity contribution is -0.138. The van der Waals surface area contributed by atoms with Gasteiger partial charge in [-0.2, -0.15) is 5.01 Å². The molecule has 0 radical (unpaired) electrons. The molecular weight excluding hydrogens is 396 g/mol. The molecule has 1 atom stereocenters. The minimum Gasteiger partial charge on any atom is -0.376 e. The van der Waals surface area contributed by atoms with E-state index >= 15 is 0 Å². The molecule has 1 saturated carbocycles. The fraction of sp³-hybridized carbons (Fsp3) is 0.526. The minimum absolute atomic E-state index is 0.186. The lowest BCUT2D eigenvalue weighted by Crippen LogP contribution is -2.50. The molecule has 0 bridgehead atoms. The van der Waals surface area contributed by atoms with Gasteiger partial charge in [-0.3, -0.25) is 15.0 Å². The van der Waals surface area contributed by atoms with Gasteiger partial charge in [-0.05, 0) is 50.5 Å². The molecule has 9 nitrogen and oxygen atoms in total. The van der Waals surface area contributed by atoms with Gasteiger partial charge in [0.15, 0.2) is 9.84 Å². The molecule has 1 saturated heterocycles. The van der Waals surface area contributed by atoms with E-state index in [-0.39, 0.29) is 16.7 Å². The van der Waals surface area contributed by atoms with E-state index in [4.69, 9.17) is 0 Å². The fourth-order valence-corrected chi connectivity index (χ4v) is 5.38. The number of sulfone groups is 1. The van der Waals surface area contributed by atoms with Gasteiger partial charge in [-0.25, -0.2) is 13.2 Å². The van der Waals surface area contributed by atoms with Crippen LogP contribution in [0.1, 0.15) is 46.0 Å². The van der Waals surface area contributed by atoms with Crippen LogP contribution >= 0.6 is 0 Å². The number of nitrogens with zero attached hydrogens (tertiary/aromatic N) is 1. The summed E-state index contributed by atoms with van der Waals surface area (Å²) in [6.45, 7) is 3.18. The van der Waals surface area contributed by atoms with Crippen molar-refractivity contribution in [3.8, 4) is 0 Å². The van der Waals surface area contributed by atoms with E-state index in [1.807, 2.05) is 0 Å². The van der Waals surface area contributed by atoms with E-state index in [2.05, 4.69) is 16.1 Å². The Morgan fingerprint density at radius 3 is 2.38 bits per heavy atom. The smallest absolute Gasteiger partial charge is 0.344 e. The molecule has 1 heterocycles. The van der Waals surface area contributed by atoms with Crippen molar-refractivity contribution in [2.45, 2.75) is 61.6 Å². The highest BCUT2D eigenvalue weighted by atomic mass is 32.2. The molecule has 29 heavy (non-hydrogen) atoms. The number of urea groups is 1. The van der Waals surface area contributed by atoms with E-state index in [1.54, 1.807) is 26.0 Å². The topological polar surface area (TPSA) is 125 Å². The summed E-state index contributed by atoms with van der Waals surface area (Å²) in [4.78, 5) is 36.6. The van der Waals surface area contributed by atoms with Crippen LogP contribution in [0.25, 0.3) is 0 Å². The van der Waals surface area contributed by atoms with E-state index in [0.29, 0.717) is 30.0 Å². The molecular formula is C19H26N4O5S. The second-order valence-electron chi connectivity index (χ2n) is 7.62. The summed E-state index contributed by atoms with van der Waals surface area (Å²) in [6, 6.07) is 5.57. The lowest BCUT2D eigenvalue weighted by atomic mass is 10.00. The van der Waals surface area contributed by atoms with Gasteiger partial charge in [-0.15, -0.1) is 0 Å². The molecule has 0 spiro atoms. The van der Waals surface area contributed by atoms with Crippen molar-refractivity contribution in [3.63, 3.8) is 0 Å². The fourth-order valence-electron chi connectivity index (χ4n) is 3.53. The quantitative estimate of drug-likeness (QED) is 0.573. The summed E-state index contributed by atoms with van der Waals surface area (Å²) in [6.07, 6.45) is 3.67. The summed E-state index contributed by atoms with van der Waals surface area (Å²) in [7, 11) is -3.32. The zero-order valence-electron chi connectivity index (χ0n) is 16.5. The van der Waals surface area contributed by atoms with Crippen LogP contribution in [-0.2, 0) is 19.4 Å². The first kappa shape index (κ1) is 21.1. The summed E-state index contributed by atoms with van der Waals surface area (Å²) in [5, 5.41) is 5.77. The van der Waals surface area contributed by atoms with Crippen molar-refractivity contribution in [1.82, 2.24) is 15.8 Å². The Morgan fingerprint density at radius 1 is 1.21 bits per heavy atom. The highest BCUT2D eigenvalue weighted by molar-refractivity contribution is 7.92. The Hall–Kier alpha value is -2.62. The van der Waals surface area contributed by atoms with Crippen LogP contribution in [0.4, 0.5) is 10.5 Å². The second kappa shape index (κ2) is 8.02. The van der Waals surface area contributed by atoms with Gasteiger partial charge >= 0.3 is 6.03 Å². The molecule has 1 aromatic carbocycles. The molecule has 3 N–H and O–H groups in total. The number of carbonyl (C=O) groups excluding carboxylic acids is 3. The summed E-state index contributed by atoms with van der Waals surface area (Å²) < 4.78 is 25.2. The first-order valence-corrected chi connectivity index (χ1v) is 11.3. The predicted octanol–water partition coefficient (Wildman–Crippen LogP) is 1.57. The number of amides is 4. The average Bonchev–Trinajstić information content (AvgIpc) is 3.31. The standard InChI is InChI=1S/C19H26N4O5S/c1-3-19(2)17(25)23(18(26)21-19)22-16(24)12-20-13-8-10-15(11-9-13)29(27,28)14-6-4-5-7-14/h8-11,14,20H,3-7,12H2,1-2H3,(H,21,26)(H,22,24). The normalized spacial score (nSPS) is 22.6. The Balaban J connectivity index is 1.56. The molecule has 4 amide bonds. The van der Waals surface area contributed by atoms with Crippen molar-refractivity contribution in [2.75, 3.05) is 11.9 Å². The van der Waals surface area contributed by atoms with Crippen LogP contribution < -0.4 is 16.1 Å². The Morgan fingerprint density at radius 2 is 1.83 bits per heavy atom. The highest BCUT2D eigenvalue weighted by Crippen LogP contribution is 2.30. The molecule has 158 valence electrons. The van der Waals surface area contributed by atoms with Crippen molar-refractivity contribution < 1.29 is 22.8 Å². The van der Waals surface area contributed by atoms with E-state index in [9.17, 15) is 22.8 Å². The van der Waals surface area contributed by atoms with Gasteiger partial charge in [0, 0.05) is 5.69 Å². The Labute approximate surface area is 170 Å². The van der Waals surface area contributed by atoms with E-state index < -0.39 is 33.2 Å². The lowest BCUT2D eigenvalue weighted by Gasteiger charge is -2.19. The monoisotopic (exact) mass is 422 g/mol.